The van der Waals surface area contributed by atoms with E-state index in [1.54, 1.807) is 24.3 Å². The third-order valence-electron chi connectivity index (χ3n) is 2.06. The Labute approximate surface area is 116 Å². The van der Waals surface area contributed by atoms with Gasteiger partial charge in [0.15, 0.2) is 10.5 Å². The second kappa shape index (κ2) is 5.16. The molecule has 88 valence electrons. The number of benzene rings is 1. The summed E-state index contributed by atoms with van der Waals surface area (Å²) in [5, 5.41) is 4.56. The van der Waals surface area contributed by atoms with E-state index < -0.39 is 0 Å². The highest BCUT2D eigenvalue weighted by molar-refractivity contribution is 9.10. The van der Waals surface area contributed by atoms with Crippen molar-refractivity contribution in [2.24, 2.45) is 0 Å². The summed E-state index contributed by atoms with van der Waals surface area (Å²) in [7, 11) is 0. The molecular formula is C10H6BrCl2N3O. The number of hydrogen-bond acceptors (Lipinski definition) is 3. The normalized spacial score (nSPS) is 10.5. The Balaban J connectivity index is 2.17. The minimum atomic E-state index is -0.0936. The Bertz CT molecular complexity index is 553. The average Bonchev–Trinajstić information content (AvgIpc) is 2.58. The molecule has 1 heterocycles. The van der Waals surface area contributed by atoms with Gasteiger partial charge in [-0.25, -0.2) is 4.68 Å². The van der Waals surface area contributed by atoms with Gasteiger partial charge in [0.25, 0.3) is 0 Å². The summed E-state index contributed by atoms with van der Waals surface area (Å²) in [4.78, 5) is 15.7. The molecule has 0 aliphatic rings. The zero-order chi connectivity index (χ0) is 12.4. The molecule has 0 bridgehead atoms. The van der Waals surface area contributed by atoms with E-state index in [0.29, 0.717) is 15.3 Å². The Morgan fingerprint density at radius 1 is 1.29 bits per heavy atom. The van der Waals surface area contributed by atoms with Gasteiger partial charge in [-0.2, -0.15) is 4.98 Å². The molecule has 1 aromatic carbocycles. The molecule has 2 aromatic rings. The maximum Gasteiger partial charge on any atom is 0.243 e. The fourth-order valence-electron chi connectivity index (χ4n) is 1.26. The second-order valence-corrected chi connectivity index (χ2v) is 4.72. The third kappa shape index (κ3) is 3.06. The molecule has 0 radical (unpaired) electrons. The summed E-state index contributed by atoms with van der Waals surface area (Å²) < 4.78 is 1.81. The summed E-state index contributed by atoms with van der Waals surface area (Å²) in [5.74, 6) is -0.0936. The van der Waals surface area contributed by atoms with Gasteiger partial charge in [-0.3, -0.25) is 4.79 Å². The number of Topliss-reactive ketones (excluding diaryl/α,β-unsaturated/α-hetero) is 1. The standard InChI is InChI=1S/C10H6BrCl2N3O/c11-9-14-10(13)15-16(9)5-8(17)6-1-3-7(12)4-2-6/h1-4H,5H2. The van der Waals surface area contributed by atoms with Gasteiger partial charge in [-0.05, 0) is 51.8 Å². The Kier molecular flexibility index (Phi) is 3.81. The number of aromatic nitrogens is 3. The lowest BCUT2D eigenvalue weighted by Gasteiger charge is -2.02. The molecule has 0 aliphatic carbocycles. The van der Waals surface area contributed by atoms with Crippen LogP contribution >= 0.6 is 39.1 Å². The number of carbonyl (C=O) groups excluding carboxylic acids is 1. The lowest BCUT2D eigenvalue weighted by molar-refractivity contribution is 0.0966. The van der Waals surface area contributed by atoms with Crippen LogP contribution in [0, 0.1) is 0 Å². The molecule has 7 heteroatoms. The minimum Gasteiger partial charge on any atom is -0.292 e. The fourth-order valence-corrected chi connectivity index (χ4v) is 2.03. The molecule has 0 aliphatic heterocycles. The maximum atomic E-state index is 11.9. The SMILES string of the molecule is O=C(Cn1nc(Cl)nc1Br)c1ccc(Cl)cc1. The van der Waals surface area contributed by atoms with Gasteiger partial charge in [0.05, 0.1) is 0 Å². The summed E-state index contributed by atoms with van der Waals surface area (Å²) in [5.41, 5.74) is 0.563. The van der Waals surface area contributed by atoms with Crippen LogP contribution in [-0.2, 0) is 6.54 Å². The van der Waals surface area contributed by atoms with Gasteiger partial charge in [0, 0.05) is 10.6 Å². The van der Waals surface area contributed by atoms with E-state index in [-0.39, 0.29) is 17.6 Å². The molecule has 0 atom stereocenters. The number of rotatable bonds is 3. The predicted molar refractivity (Wildman–Crippen MR) is 68.5 cm³/mol. The number of halogens is 3. The van der Waals surface area contributed by atoms with Crippen molar-refractivity contribution in [3.05, 3.63) is 44.9 Å². The van der Waals surface area contributed by atoms with Crippen LogP contribution < -0.4 is 0 Å². The van der Waals surface area contributed by atoms with Crippen molar-refractivity contribution in [2.75, 3.05) is 0 Å². The zero-order valence-electron chi connectivity index (χ0n) is 8.40. The highest BCUT2D eigenvalue weighted by Gasteiger charge is 2.11. The summed E-state index contributed by atoms with van der Waals surface area (Å²) in [6, 6.07) is 6.66. The van der Waals surface area contributed by atoms with Gasteiger partial charge < -0.3 is 0 Å². The third-order valence-corrected chi connectivity index (χ3v) is 3.06. The van der Waals surface area contributed by atoms with Crippen molar-refractivity contribution in [3.8, 4) is 0 Å². The summed E-state index contributed by atoms with van der Waals surface area (Å²) in [6.45, 7) is 0.0714. The minimum absolute atomic E-state index is 0.0714. The number of nitrogens with zero attached hydrogens (tertiary/aromatic N) is 3. The van der Waals surface area contributed by atoms with Crippen molar-refractivity contribution in [2.45, 2.75) is 6.54 Å². The van der Waals surface area contributed by atoms with Gasteiger partial charge in [-0.1, -0.05) is 11.6 Å². The topological polar surface area (TPSA) is 47.8 Å². The van der Waals surface area contributed by atoms with E-state index in [4.69, 9.17) is 23.2 Å². The molecule has 4 nitrogen and oxygen atoms in total. The van der Waals surface area contributed by atoms with E-state index in [0.717, 1.165) is 0 Å². The Morgan fingerprint density at radius 3 is 2.47 bits per heavy atom. The van der Waals surface area contributed by atoms with E-state index in [2.05, 4.69) is 26.0 Å². The molecule has 2 rings (SSSR count). The van der Waals surface area contributed by atoms with Crippen LogP contribution in [-0.4, -0.2) is 20.5 Å². The lowest BCUT2D eigenvalue weighted by Crippen LogP contribution is -2.11. The van der Waals surface area contributed by atoms with Crippen LogP contribution in [0.5, 0.6) is 0 Å². The van der Waals surface area contributed by atoms with Gasteiger partial charge in [0.2, 0.25) is 5.28 Å². The van der Waals surface area contributed by atoms with Crippen molar-refractivity contribution in [3.63, 3.8) is 0 Å². The van der Waals surface area contributed by atoms with Gasteiger partial charge in [-0.15, -0.1) is 5.10 Å². The van der Waals surface area contributed by atoms with Crippen LogP contribution in [0.15, 0.2) is 29.0 Å². The van der Waals surface area contributed by atoms with Crippen molar-refractivity contribution < 1.29 is 4.79 Å². The highest BCUT2D eigenvalue weighted by atomic mass is 79.9. The van der Waals surface area contributed by atoms with Crippen LogP contribution in [0.2, 0.25) is 10.3 Å². The number of ketones is 1. The smallest absolute Gasteiger partial charge is 0.243 e. The zero-order valence-corrected chi connectivity index (χ0v) is 11.5. The van der Waals surface area contributed by atoms with Crippen LogP contribution in [0.4, 0.5) is 0 Å². The monoisotopic (exact) mass is 333 g/mol. The molecule has 0 unspecified atom stereocenters. The first-order chi connectivity index (χ1) is 8.06. The van der Waals surface area contributed by atoms with Crippen molar-refractivity contribution in [1.29, 1.82) is 0 Å². The molecule has 0 N–H and O–H groups in total. The van der Waals surface area contributed by atoms with E-state index >= 15 is 0 Å². The van der Waals surface area contributed by atoms with Crippen LogP contribution in [0.3, 0.4) is 0 Å². The maximum absolute atomic E-state index is 11.9. The van der Waals surface area contributed by atoms with Crippen LogP contribution in [0.25, 0.3) is 0 Å². The Hall–Kier alpha value is -0.910. The van der Waals surface area contributed by atoms with E-state index in [1.165, 1.54) is 4.68 Å². The molecule has 0 saturated heterocycles. The van der Waals surface area contributed by atoms with E-state index in [9.17, 15) is 4.79 Å². The first kappa shape index (κ1) is 12.5. The largest absolute Gasteiger partial charge is 0.292 e. The molecule has 0 saturated carbocycles. The van der Waals surface area contributed by atoms with Gasteiger partial charge in [0.1, 0.15) is 6.54 Å². The van der Waals surface area contributed by atoms with Crippen molar-refractivity contribution >= 4 is 44.9 Å². The predicted octanol–water partition coefficient (Wildman–Crippen LogP) is 3.23. The van der Waals surface area contributed by atoms with Crippen molar-refractivity contribution in [1.82, 2.24) is 14.8 Å². The second-order valence-electron chi connectivity index (χ2n) is 3.24. The number of hydrogen-bond donors (Lipinski definition) is 0. The lowest BCUT2D eigenvalue weighted by atomic mass is 10.1. The molecule has 0 amide bonds. The molecule has 1 aromatic heterocycles. The quantitative estimate of drug-likeness (QED) is 0.810. The molecule has 0 fully saturated rings. The summed E-state index contributed by atoms with van der Waals surface area (Å²) in [6.07, 6.45) is 0. The molecular weight excluding hydrogens is 329 g/mol. The fraction of sp³-hybridized carbons (Fsp3) is 0.100. The molecule has 17 heavy (non-hydrogen) atoms. The van der Waals surface area contributed by atoms with E-state index in [1.807, 2.05) is 0 Å². The summed E-state index contributed by atoms with van der Waals surface area (Å²) >= 11 is 14.5. The first-order valence-electron chi connectivity index (χ1n) is 4.61. The van der Waals surface area contributed by atoms with Gasteiger partial charge >= 0.3 is 0 Å². The molecule has 0 spiro atoms. The number of carbonyl (C=O) groups is 1. The first-order valence-corrected chi connectivity index (χ1v) is 6.16. The highest BCUT2D eigenvalue weighted by Crippen LogP contribution is 2.13. The average molecular weight is 335 g/mol. The van der Waals surface area contributed by atoms with Crippen LogP contribution in [0.1, 0.15) is 10.4 Å². The Morgan fingerprint density at radius 2 is 1.94 bits per heavy atom.